The zero-order valence-electron chi connectivity index (χ0n) is 16.2. The van der Waals surface area contributed by atoms with E-state index in [2.05, 4.69) is 44.4 Å². The number of rotatable bonds is 6. The van der Waals surface area contributed by atoms with E-state index in [-0.39, 0.29) is 18.3 Å². The summed E-state index contributed by atoms with van der Waals surface area (Å²) >= 11 is 1.47. The van der Waals surface area contributed by atoms with Gasteiger partial charge in [0.15, 0.2) is 5.13 Å². The molecule has 0 bridgehead atoms. The Labute approximate surface area is 181 Å². The normalized spacial score (nSPS) is 14.9. The molecule has 0 saturated carbocycles. The molecule has 0 atom stereocenters. The van der Waals surface area contributed by atoms with Gasteiger partial charge in [-0.1, -0.05) is 60.7 Å². The molecular formula is C22H25ClN4OS. The van der Waals surface area contributed by atoms with Gasteiger partial charge in [-0.3, -0.25) is 14.6 Å². The smallest absolute Gasteiger partial charge is 0.240 e. The molecule has 1 fully saturated rings. The molecule has 152 valence electrons. The van der Waals surface area contributed by atoms with Crippen molar-refractivity contribution in [3.8, 4) is 11.3 Å². The molecule has 3 aromatic rings. The second kappa shape index (κ2) is 10.5. The van der Waals surface area contributed by atoms with E-state index >= 15 is 0 Å². The van der Waals surface area contributed by atoms with Crippen molar-refractivity contribution in [3.05, 3.63) is 71.6 Å². The van der Waals surface area contributed by atoms with Crippen LogP contribution in [-0.4, -0.2) is 53.4 Å². The van der Waals surface area contributed by atoms with Crippen LogP contribution in [0.25, 0.3) is 11.3 Å². The number of halogens is 1. The van der Waals surface area contributed by atoms with E-state index in [1.807, 2.05) is 41.8 Å². The van der Waals surface area contributed by atoms with E-state index in [0.717, 1.165) is 44.0 Å². The Bertz CT molecular complexity index is 895. The number of anilines is 1. The Morgan fingerprint density at radius 1 is 0.931 bits per heavy atom. The molecular weight excluding hydrogens is 404 g/mol. The first-order chi connectivity index (χ1) is 13.8. The van der Waals surface area contributed by atoms with Gasteiger partial charge in [0, 0.05) is 43.7 Å². The van der Waals surface area contributed by atoms with Crippen LogP contribution in [0.3, 0.4) is 0 Å². The minimum absolute atomic E-state index is 0. The molecule has 1 aromatic heterocycles. The highest BCUT2D eigenvalue weighted by Gasteiger charge is 2.19. The fourth-order valence-corrected chi connectivity index (χ4v) is 4.12. The molecule has 1 aliphatic rings. The van der Waals surface area contributed by atoms with Gasteiger partial charge in [0.1, 0.15) is 0 Å². The molecule has 4 rings (SSSR count). The summed E-state index contributed by atoms with van der Waals surface area (Å²) in [5.41, 5.74) is 3.30. The number of carbonyl (C=O) groups excluding carboxylic acids is 1. The van der Waals surface area contributed by atoms with Crippen molar-refractivity contribution in [3.63, 3.8) is 0 Å². The summed E-state index contributed by atoms with van der Waals surface area (Å²) < 4.78 is 0. The van der Waals surface area contributed by atoms with Gasteiger partial charge in [0.2, 0.25) is 5.91 Å². The summed E-state index contributed by atoms with van der Waals surface area (Å²) in [5, 5.41) is 5.58. The summed E-state index contributed by atoms with van der Waals surface area (Å²) in [5.74, 6) is 0.00507. The van der Waals surface area contributed by atoms with Gasteiger partial charge in [-0.15, -0.1) is 23.7 Å². The monoisotopic (exact) mass is 428 g/mol. The Morgan fingerprint density at radius 2 is 1.55 bits per heavy atom. The number of nitrogens with zero attached hydrogens (tertiary/aromatic N) is 3. The molecule has 29 heavy (non-hydrogen) atoms. The topological polar surface area (TPSA) is 48.5 Å². The van der Waals surface area contributed by atoms with Crippen LogP contribution in [-0.2, 0) is 11.3 Å². The number of hydrogen-bond donors (Lipinski definition) is 1. The molecule has 1 saturated heterocycles. The molecule has 7 heteroatoms. The Hall–Kier alpha value is -2.25. The van der Waals surface area contributed by atoms with Gasteiger partial charge in [-0.25, -0.2) is 4.98 Å². The van der Waals surface area contributed by atoms with E-state index < -0.39 is 0 Å². The number of carbonyl (C=O) groups is 1. The molecule has 0 aliphatic carbocycles. The maximum absolute atomic E-state index is 12.4. The van der Waals surface area contributed by atoms with Gasteiger partial charge < -0.3 is 5.32 Å². The van der Waals surface area contributed by atoms with Crippen LogP contribution in [0.1, 0.15) is 5.56 Å². The molecule has 0 unspecified atom stereocenters. The first-order valence-corrected chi connectivity index (χ1v) is 10.4. The van der Waals surface area contributed by atoms with Crippen LogP contribution >= 0.6 is 23.7 Å². The van der Waals surface area contributed by atoms with Gasteiger partial charge in [-0.2, -0.15) is 0 Å². The fraction of sp³-hybridized carbons (Fsp3) is 0.273. The highest BCUT2D eigenvalue weighted by Crippen LogP contribution is 2.24. The van der Waals surface area contributed by atoms with Crippen molar-refractivity contribution in [1.29, 1.82) is 0 Å². The number of piperazine rings is 1. The van der Waals surface area contributed by atoms with Crippen molar-refractivity contribution in [2.45, 2.75) is 6.54 Å². The van der Waals surface area contributed by atoms with Gasteiger partial charge >= 0.3 is 0 Å². The van der Waals surface area contributed by atoms with Gasteiger partial charge in [0.25, 0.3) is 0 Å². The minimum atomic E-state index is 0. The van der Waals surface area contributed by atoms with Crippen molar-refractivity contribution in [2.75, 3.05) is 38.0 Å². The van der Waals surface area contributed by atoms with E-state index in [0.29, 0.717) is 11.7 Å². The van der Waals surface area contributed by atoms with E-state index in [1.165, 1.54) is 16.9 Å². The third-order valence-corrected chi connectivity index (χ3v) is 5.66. The number of nitrogens with one attached hydrogen (secondary N) is 1. The molecule has 0 spiro atoms. The number of hydrogen-bond acceptors (Lipinski definition) is 5. The Morgan fingerprint density at radius 3 is 2.24 bits per heavy atom. The summed E-state index contributed by atoms with van der Waals surface area (Å²) in [6.07, 6.45) is 0. The molecule has 1 aliphatic heterocycles. The van der Waals surface area contributed by atoms with E-state index in [4.69, 9.17) is 0 Å². The lowest BCUT2D eigenvalue weighted by molar-refractivity contribution is -0.117. The zero-order chi connectivity index (χ0) is 19.2. The summed E-state index contributed by atoms with van der Waals surface area (Å²) in [4.78, 5) is 21.6. The van der Waals surface area contributed by atoms with Crippen LogP contribution in [0.15, 0.2) is 66.0 Å². The number of aromatic nitrogens is 1. The average Bonchev–Trinajstić information content (AvgIpc) is 3.19. The van der Waals surface area contributed by atoms with Gasteiger partial charge in [0.05, 0.1) is 12.2 Å². The summed E-state index contributed by atoms with van der Waals surface area (Å²) in [6, 6.07) is 20.5. The molecule has 1 amide bonds. The Balaban J connectivity index is 0.00000240. The summed E-state index contributed by atoms with van der Waals surface area (Å²) in [7, 11) is 0. The van der Waals surface area contributed by atoms with Crippen LogP contribution in [0.2, 0.25) is 0 Å². The SMILES string of the molecule is Cl.O=C(CN1CCN(Cc2ccccc2)CC1)Nc1nc(-c2ccccc2)cs1. The number of amides is 1. The first kappa shape index (κ1) is 21.5. The van der Waals surface area contributed by atoms with Crippen molar-refractivity contribution < 1.29 is 4.79 Å². The third kappa shape index (κ3) is 6.11. The van der Waals surface area contributed by atoms with Crippen LogP contribution < -0.4 is 5.32 Å². The molecule has 2 heterocycles. The summed E-state index contributed by atoms with van der Waals surface area (Å²) in [6.45, 7) is 5.18. The Kier molecular flexibility index (Phi) is 7.77. The second-order valence-electron chi connectivity index (χ2n) is 6.99. The molecule has 2 aromatic carbocycles. The molecule has 5 nitrogen and oxygen atoms in total. The van der Waals surface area contributed by atoms with Gasteiger partial charge in [-0.05, 0) is 5.56 Å². The molecule has 1 N–H and O–H groups in total. The zero-order valence-corrected chi connectivity index (χ0v) is 17.8. The number of benzene rings is 2. The van der Waals surface area contributed by atoms with Crippen LogP contribution in [0, 0.1) is 0 Å². The predicted molar refractivity (Wildman–Crippen MR) is 122 cm³/mol. The van der Waals surface area contributed by atoms with Crippen LogP contribution in [0.5, 0.6) is 0 Å². The first-order valence-electron chi connectivity index (χ1n) is 9.56. The quantitative estimate of drug-likeness (QED) is 0.645. The lowest BCUT2D eigenvalue weighted by Crippen LogP contribution is -2.48. The highest BCUT2D eigenvalue weighted by molar-refractivity contribution is 7.14. The number of thiazole rings is 1. The average molecular weight is 429 g/mol. The fourth-order valence-electron chi connectivity index (χ4n) is 3.38. The minimum Gasteiger partial charge on any atom is -0.301 e. The van der Waals surface area contributed by atoms with Crippen LogP contribution in [0.4, 0.5) is 5.13 Å². The second-order valence-corrected chi connectivity index (χ2v) is 7.85. The molecule has 0 radical (unpaired) electrons. The van der Waals surface area contributed by atoms with Crippen molar-refractivity contribution in [2.24, 2.45) is 0 Å². The van der Waals surface area contributed by atoms with Crippen molar-refractivity contribution in [1.82, 2.24) is 14.8 Å². The maximum Gasteiger partial charge on any atom is 0.240 e. The standard InChI is InChI=1S/C22H24N4OS.ClH/c27-21(24-22-23-20(17-28-22)19-9-5-2-6-10-19)16-26-13-11-25(12-14-26)15-18-7-3-1-4-8-18;/h1-10,17H,11-16H2,(H,23,24,27);1H. The largest absolute Gasteiger partial charge is 0.301 e. The van der Waals surface area contributed by atoms with E-state index in [1.54, 1.807) is 0 Å². The van der Waals surface area contributed by atoms with E-state index in [9.17, 15) is 4.79 Å². The lowest BCUT2D eigenvalue weighted by Gasteiger charge is -2.34. The third-order valence-electron chi connectivity index (χ3n) is 4.90. The predicted octanol–water partition coefficient (Wildman–Crippen LogP) is 3.99. The van der Waals surface area contributed by atoms with Crippen molar-refractivity contribution >= 4 is 34.8 Å². The lowest BCUT2D eigenvalue weighted by atomic mass is 10.2. The maximum atomic E-state index is 12.4. The highest BCUT2D eigenvalue weighted by atomic mass is 35.5.